The first kappa shape index (κ1) is 19.4. The fraction of sp³-hybridized carbons (Fsp3) is 0.227. The SMILES string of the molecule is CCC(C)NC(=O)c1cccc(-c2cc(Oc3ccc(OC)cc3)ncn2)c1. The Morgan fingerprint density at radius 3 is 2.54 bits per heavy atom. The number of aromatic nitrogens is 2. The zero-order valence-corrected chi connectivity index (χ0v) is 16.2. The number of benzene rings is 2. The first-order valence-corrected chi connectivity index (χ1v) is 9.14. The summed E-state index contributed by atoms with van der Waals surface area (Å²) in [7, 11) is 1.61. The van der Waals surface area contributed by atoms with E-state index >= 15 is 0 Å². The first-order chi connectivity index (χ1) is 13.6. The minimum Gasteiger partial charge on any atom is -0.497 e. The predicted molar refractivity (Wildman–Crippen MR) is 108 cm³/mol. The number of ether oxygens (including phenoxy) is 2. The Balaban J connectivity index is 1.79. The number of hydrogen-bond donors (Lipinski definition) is 1. The van der Waals surface area contributed by atoms with Crippen molar-refractivity contribution >= 4 is 5.91 Å². The number of hydrogen-bond acceptors (Lipinski definition) is 5. The molecule has 6 heteroatoms. The molecule has 1 aromatic heterocycles. The second kappa shape index (κ2) is 8.99. The van der Waals surface area contributed by atoms with Crippen LogP contribution < -0.4 is 14.8 Å². The number of nitrogens with one attached hydrogen (secondary N) is 1. The molecule has 0 fully saturated rings. The third-order valence-electron chi connectivity index (χ3n) is 4.33. The van der Waals surface area contributed by atoms with E-state index < -0.39 is 0 Å². The Morgan fingerprint density at radius 2 is 1.82 bits per heavy atom. The fourth-order valence-corrected chi connectivity index (χ4v) is 2.55. The van der Waals surface area contributed by atoms with E-state index in [2.05, 4.69) is 15.3 Å². The molecule has 0 saturated carbocycles. The molecule has 0 aliphatic rings. The van der Waals surface area contributed by atoms with Gasteiger partial charge in [0.15, 0.2) is 0 Å². The number of carbonyl (C=O) groups is 1. The van der Waals surface area contributed by atoms with Crippen molar-refractivity contribution in [1.29, 1.82) is 0 Å². The molecular weight excluding hydrogens is 354 g/mol. The summed E-state index contributed by atoms with van der Waals surface area (Å²) < 4.78 is 10.9. The highest BCUT2D eigenvalue weighted by atomic mass is 16.5. The maximum absolute atomic E-state index is 12.4. The fourth-order valence-electron chi connectivity index (χ4n) is 2.55. The Morgan fingerprint density at radius 1 is 1.07 bits per heavy atom. The molecule has 2 aromatic carbocycles. The highest BCUT2D eigenvalue weighted by Gasteiger charge is 2.11. The molecule has 0 spiro atoms. The molecule has 144 valence electrons. The number of nitrogens with zero attached hydrogens (tertiary/aromatic N) is 2. The molecule has 1 heterocycles. The maximum Gasteiger partial charge on any atom is 0.251 e. The Bertz CT molecular complexity index is 942. The van der Waals surface area contributed by atoms with Crippen molar-refractivity contribution in [3.63, 3.8) is 0 Å². The van der Waals surface area contributed by atoms with Gasteiger partial charge in [0.25, 0.3) is 5.91 Å². The molecule has 0 bridgehead atoms. The van der Waals surface area contributed by atoms with Crippen molar-refractivity contribution in [3.8, 4) is 28.6 Å². The third-order valence-corrected chi connectivity index (χ3v) is 4.33. The van der Waals surface area contributed by atoms with Crippen LogP contribution in [0.15, 0.2) is 60.9 Å². The summed E-state index contributed by atoms with van der Waals surface area (Å²) in [4.78, 5) is 20.9. The highest BCUT2D eigenvalue weighted by Crippen LogP contribution is 2.25. The molecule has 0 aliphatic heterocycles. The average molecular weight is 377 g/mol. The molecule has 1 amide bonds. The minimum atomic E-state index is -0.0973. The molecule has 3 rings (SSSR count). The molecule has 28 heavy (non-hydrogen) atoms. The standard InChI is InChI=1S/C22H23N3O3/c1-4-15(2)25-22(26)17-7-5-6-16(12-17)20-13-21(24-14-23-20)28-19-10-8-18(27-3)9-11-19/h5-15H,4H2,1-3H3,(H,25,26). The molecule has 1 unspecified atom stereocenters. The van der Waals surface area contributed by atoms with Crippen LogP contribution in [0, 0.1) is 0 Å². The smallest absolute Gasteiger partial charge is 0.251 e. The molecule has 0 saturated heterocycles. The van der Waals surface area contributed by atoms with Crippen LogP contribution in [0.5, 0.6) is 17.4 Å². The van der Waals surface area contributed by atoms with Crippen LogP contribution in [-0.4, -0.2) is 29.0 Å². The number of methoxy groups -OCH3 is 1. The van der Waals surface area contributed by atoms with Gasteiger partial charge in [-0.1, -0.05) is 19.1 Å². The molecule has 1 N–H and O–H groups in total. The van der Waals surface area contributed by atoms with Crippen molar-refractivity contribution in [2.45, 2.75) is 26.3 Å². The molecule has 0 radical (unpaired) electrons. The summed E-state index contributed by atoms with van der Waals surface area (Å²) >= 11 is 0. The number of carbonyl (C=O) groups excluding carboxylic acids is 1. The monoisotopic (exact) mass is 377 g/mol. The lowest BCUT2D eigenvalue weighted by Crippen LogP contribution is -2.31. The minimum absolute atomic E-state index is 0.0973. The van der Waals surface area contributed by atoms with Crippen LogP contribution in [0.25, 0.3) is 11.3 Å². The predicted octanol–water partition coefficient (Wildman–Crippen LogP) is 4.47. The van der Waals surface area contributed by atoms with Gasteiger partial charge >= 0.3 is 0 Å². The maximum atomic E-state index is 12.4. The summed E-state index contributed by atoms with van der Waals surface area (Å²) in [6, 6.07) is 16.5. The lowest BCUT2D eigenvalue weighted by atomic mass is 10.1. The van der Waals surface area contributed by atoms with Crippen molar-refractivity contribution in [2.24, 2.45) is 0 Å². The second-order valence-corrected chi connectivity index (χ2v) is 6.38. The lowest BCUT2D eigenvalue weighted by Gasteiger charge is -2.12. The Labute approximate surface area is 164 Å². The van der Waals surface area contributed by atoms with Gasteiger partial charge < -0.3 is 14.8 Å². The summed E-state index contributed by atoms with van der Waals surface area (Å²) in [5.41, 5.74) is 2.09. The van der Waals surface area contributed by atoms with Gasteiger partial charge in [-0.05, 0) is 49.7 Å². The van der Waals surface area contributed by atoms with E-state index in [1.807, 2.05) is 44.2 Å². The van der Waals surface area contributed by atoms with Gasteiger partial charge in [0.05, 0.1) is 12.8 Å². The van der Waals surface area contributed by atoms with Crippen LogP contribution in [0.1, 0.15) is 30.6 Å². The van der Waals surface area contributed by atoms with Gasteiger partial charge in [-0.25, -0.2) is 9.97 Å². The summed E-state index contributed by atoms with van der Waals surface area (Å²) in [6.07, 6.45) is 2.32. The molecule has 0 aliphatic carbocycles. The third kappa shape index (κ3) is 4.85. The van der Waals surface area contributed by atoms with Crippen LogP contribution in [0.2, 0.25) is 0 Å². The summed E-state index contributed by atoms with van der Waals surface area (Å²) in [5.74, 6) is 1.72. The summed E-state index contributed by atoms with van der Waals surface area (Å²) in [5, 5.41) is 2.97. The highest BCUT2D eigenvalue weighted by molar-refractivity contribution is 5.95. The topological polar surface area (TPSA) is 73.3 Å². The van der Waals surface area contributed by atoms with Gasteiger partial charge in [0, 0.05) is 23.2 Å². The van der Waals surface area contributed by atoms with E-state index in [1.165, 1.54) is 6.33 Å². The number of amides is 1. The quantitative estimate of drug-likeness (QED) is 0.657. The van der Waals surface area contributed by atoms with Crippen molar-refractivity contribution < 1.29 is 14.3 Å². The number of rotatable bonds is 7. The molecule has 6 nitrogen and oxygen atoms in total. The zero-order valence-electron chi connectivity index (χ0n) is 16.2. The van der Waals surface area contributed by atoms with Gasteiger partial charge in [0.2, 0.25) is 5.88 Å². The van der Waals surface area contributed by atoms with E-state index in [-0.39, 0.29) is 11.9 Å². The van der Waals surface area contributed by atoms with Crippen LogP contribution >= 0.6 is 0 Å². The summed E-state index contributed by atoms with van der Waals surface area (Å²) in [6.45, 7) is 4.02. The van der Waals surface area contributed by atoms with Crippen LogP contribution in [0.3, 0.4) is 0 Å². The second-order valence-electron chi connectivity index (χ2n) is 6.38. The van der Waals surface area contributed by atoms with E-state index in [9.17, 15) is 4.79 Å². The van der Waals surface area contributed by atoms with Gasteiger partial charge in [-0.2, -0.15) is 0 Å². The van der Waals surface area contributed by atoms with Gasteiger partial charge in [-0.15, -0.1) is 0 Å². The average Bonchev–Trinajstić information content (AvgIpc) is 2.74. The Hall–Kier alpha value is -3.41. The van der Waals surface area contributed by atoms with Gasteiger partial charge in [0.1, 0.15) is 17.8 Å². The first-order valence-electron chi connectivity index (χ1n) is 9.14. The van der Waals surface area contributed by atoms with E-state index in [1.54, 1.807) is 31.4 Å². The molecule has 1 atom stereocenters. The van der Waals surface area contributed by atoms with Crippen molar-refractivity contribution in [2.75, 3.05) is 7.11 Å². The normalized spacial score (nSPS) is 11.5. The molecular formula is C22H23N3O3. The molecule has 3 aromatic rings. The van der Waals surface area contributed by atoms with E-state index in [4.69, 9.17) is 9.47 Å². The zero-order chi connectivity index (χ0) is 19.9. The van der Waals surface area contributed by atoms with Gasteiger partial charge in [-0.3, -0.25) is 4.79 Å². The lowest BCUT2D eigenvalue weighted by molar-refractivity contribution is 0.0939. The van der Waals surface area contributed by atoms with Crippen molar-refractivity contribution in [3.05, 3.63) is 66.5 Å². The van der Waals surface area contributed by atoms with Crippen molar-refractivity contribution in [1.82, 2.24) is 15.3 Å². The van der Waals surface area contributed by atoms with E-state index in [0.717, 1.165) is 17.7 Å². The van der Waals surface area contributed by atoms with Crippen LogP contribution in [-0.2, 0) is 0 Å². The largest absolute Gasteiger partial charge is 0.497 e. The van der Waals surface area contributed by atoms with E-state index in [0.29, 0.717) is 22.9 Å². The Kier molecular flexibility index (Phi) is 6.22. The van der Waals surface area contributed by atoms with Crippen LogP contribution in [0.4, 0.5) is 0 Å².